The highest BCUT2D eigenvalue weighted by atomic mass is 32.1. The highest BCUT2D eigenvalue weighted by molar-refractivity contribution is 7.12. The van der Waals surface area contributed by atoms with E-state index in [-0.39, 0.29) is 0 Å². The fourth-order valence-corrected chi connectivity index (χ4v) is 2.58. The van der Waals surface area contributed by atoms with Crippen molar-refractivity contribution in [1.82, 2.24) is 5.32 Å². The van der Waals surface area contributed by atoms with Crippen LogP contribution in [0, 0.1) is 6.92 Å². The molecule has 0 aliphatic carbocycles. The van der Waals surface area contributed by atoms with Crippen LogP contribution in [0.2, 0.25) is 0 Å². The van der Waals surface area contributed by atoms with Crippen LogP contribution in [0.4, 0.5) is 4.79 Å². The molecule has 0 bridgehead atoms. The number of thiophene rings is 1. The summed E-state index contributed by atoms with van der Waals surface area (Å²) in [4.78, 5) is 13.4. The molecule has 1 amide bonds. The van der Waals surface area contributed by atoms with Crippen LogP contribution in [0.1, 0.15) is 43.1 Å². The van der Waals surface area contributed by atoms with Gasteiger partial charge in [-0.2, -0.15) is 0 Å². The van der Waals surface area contributed by atoms with Gasteiger partial charge in [0.1, 0.15) is 11.7 Å². The summed E-state index contributed by atoms with van der Waals surface area (Å²) >= 11 is 1.53. The van der Waals surface area contributed by atoms with E-state index < -0.39 is 23.8 Å². The number of nitrogens with one attached hydrogen (secondary N) is 1. The minimum Gasteiger partial charge on any atom is -0.444 e. The number of hydrogen-bond acceptors (Lipinski definition) is 5. The molecule has 0 saturated heterocycles. The average molecular weight is 300 g/mol. The topological polar surface area (TPSA) is 84.6 Å². The van der Waals surface area contributed by atoms with Crippen LogP contribution >= 0.6 is 11.3 Å². The minimum absolute atomic E-state index is 0.373. The van der Waals surface area contributed by atoms with E-state index in [1.54, 1.807) is 20.8 Å². The minimum atomic E-state index is -0.700. The number of aliphatic hydroxyl groups excluding tert-OH is 1. The van der Waals surface area contributed by atoms with Gasteiger partial charge >= 0.3 is 6.09 Å². The number of rotatable bonds is 5. The van der Waals surface area contributed by atoms with E-state index in [0.717, 1.165) is 9.75 Å². The normalized spacial score (nSPS) is 14.7. The molecule has 5 nitrogen and oxygen atoms in total. The standard InChI is InChI=1S/C14H24N2O3S/c1-9-5-6-11(20-9)12(17)10(15)7-8-16-13(18)19-14(2,3)4/h5-6,10,12,17H,7-8,15H2,1-4H3,(H,16,18). The molecule has 6 heteroatoms. The summed E-state index contributed by atoms with van der Waals surface area (Å²) in [7, 11) is 0. The molecule has 0 spiro atoms. The molecule has 0 aliphatic heterocycles. The van der Waals surface area contributed by atoms with Crippen LogP contribution in [-0.4, -0.2) is 29.4 Å². The summed E-state index contributed by atoms with van der Waals surface area (Å²) in [5.74, 6) is 0. The van der Waals surface area contributed by atoms with Crippen LogP contribution in [0.5, 0.6) is 0 Å². The number of carbonyl (C=O) groups is 1. The molecular formula is C14H24N2O3S. The van der Waals surface area contributed by atoms with Gasteiger partial charge in [-0.3, -0.25) is 0 Å². The molecule has 1 aromatic heterocycles. The Balaban J connectivity index is 2.33. The van der Waals surface area contributed by atoms with Gasteiger partial charge in [0, 0.05) is 22.3 Å². The number of ether oxygens (including phenoxy) is 1. The second-order valence-corrected chi connectivity index (χ2v) is 7.09. The molecule has 1 heterocycles. The van der Waals surface area contributed by atoms with Crippen molar-refractivity contribution in [3.63, 3.8) is 0 Å². The molecule has 0 radical (unpaired) electrons. The maximum absolute atomic E-state index is 11.4. The maximum atomic E-state index is 11.4. The van der Waals surface area contributed by atoms with Crippen molar-refractivity contribution in [2.24, 2.45) is 5.73 Å². The molecule has 2 atom stereocenters. The van der Waals surface area contributed by atoms with Crippen molar-refractivity contribution in [2.45, 2.75) is 51.9 Å². The Bertz CT molecular complexity index is 440. The zero-order chi connectivity index (χ0) is 15.3. The van der Waals surface area contributed by atoms with E-state index in [1.165, 1.54) is 11.3 Å². The molecule has 114 valence electrons. The summed E-state index contributed by atoms with van der Waals surface area (Å²) in [5, 5.41) is 12.7. The molecular weight excluding hydrogens is 276 g/mol. The number of hydrogen-bond donors (Lipinski definition) is 3. The number of amides is 1. The number of aliphatic hydroxyl groups is 1. The lowest BCUT2D eigenvalue weighted by Gasteiger charge is -2.21. The largest absolute Gasteiger partial charge is 0.444 e. The summed E-state index contributed by atoms with van der Waals surface area (Å²) in [6.07, 6.45) is -0.683. The first-order valence-electron chi connectivity index (χ1n) is 6.66. The Hall–Kier alpha value is -1.11. The van der Waals surface area contributed by atoms with Crippen molar-refractivity contribution in [1.29, 1.82) is 0 Å². The lowest BCUT2D eigenvalue weighted by Crippen LogP contribution is -2.36. The van der Waals surface area contributed by atoms with E-state index in [1.807, 2.05) is 19.1 Å². The third-order valence-corrected chi connectivity index (χ3v) is 3.68. The average Bonchev–Trinajstić information content (AvgIpc) is 2.72. The first kappa shape index (κ1) is 16.9. The predicted molar refractivity (Wildman–Crippen MR) is 80.8 cm³/mol. The second-order valence-electron chi connectivity index (χ2n) is 5.77. The molecule has 4 N–H and O–H groups in total. The zero-order valence-electron chi connectivity index (χ0n) is 12.5. The van der Waals surface area contributed by atoms with Gasteiger partial charge in [0.2, 0.25) is 0 Å². The molecule has 0 saturated carbocycles. The Labute approximate surface area is 124 Å². The maximum Gasteiger partial charge on any atom is 0.407 e. The van der Waals surface area contributed by atoms with Crippen LogP contribution < -0.4 is 11.1 Å². The Morgan fingerprint density at radius 2 is 2.15 bits per heavy atom. The summed E-state index contributed by atoms with van der Waals surface area (Å²) < 4.78 is 5.12. The van der Waals surface area contributed by atoms with Crippen molar-refractivity contribution in [3.8, 4) is 0 Å². The SMILES string of the molecule is Cc1ccc(C(O)C(N)CCNC(=O)OC(C)(C)C)s1. The quantitative estimate of drug-likeness (QED) is 0.779. The molecule has 2 unspecified atom stereocenters. The zero-order valence-corrected chi connectivity index (χ0v) is 13.3. The lowest BCUT2D eigenvalue weighted by atomic mass is 10.1. The molecule has 0 fully saturated rings. The van der Waals surface area contributed by atoms with Crippen molar-refractivity contribution >= 4 is 17.4 Å². The number of aryl methyl sites for hydroxylation is 1. The Morgan fingerprint density at radius 3 is 2.65 bits per heavy atom. The van der Waals surface area contributed by atoms with E-state index in [9.17, 15) is 9.90 Å². The van der Waals surface area contributed by atoms with Gasteiger partial charge in [0.05, 0.1) is 0 Å². The van der Waals surface area contributed by atoms with Gasteiger partial charge in [-0.15, -0.1) is 11.3 Å². The van der Waals surface area contributed by atoms with Crippen molar-refractivity contribution < 1.29 is 14.6 Å². The van der Waals surface area contributed by atoms with E-state index >= 15 is 0 Å². The highest BCUT2D eigenvalue weighted by Crippen LogP contribution is 2.25. The molecule has 1 aromatic rings. The van der Waals surface area contributed by atoms with Crippen molar-refractivity contribution in [3.05, 3.63) is 21.9 Å². The second kappa shape index (κ2) is 7.06. The van der Waals surface area contributed by atoms with Gasteiger partial charge in [-0.1, -0.05) is 0 Å². The highest BCUT2D eigenvalue weighted by Gasteiger charge is 2.19. The third kappa shape index (κ3) is 5.90. The van der Waals surface area contributed by atoms with Crippen LogP contribution in [0.15, 0.2) is 12.1 Å². The molecule has 20 heavy (non-hydrogen) atoms. The van der Waals surface area contributed by atoms with Gasteiger partial charge in [0.25, 0.3) is 0 Å². The van der Waals surface area contributed by atoms with Crippen LogP contribution in [-0.2, 0) is 4.74 Å². The number of nitrogens with two attached hydrogens (primary N) is 1. The van der Waals surface area contributed by atoms with E-state index in [4.69, 9.17) is 10.5 Å². The van der Waals surface area contributed by atoms with Crippen molar-refractivity contribution in [2.75, 3.05) is 6.54 Å². The smallest absolute Gasteiger partial charge is 0.407 e. The lowest BCUT2D eigenvalue weighted by molar-refractivity contribution is 0.0521. The number of carbonyl (C=O) groups excluding carboxylic acids is 1. The monoisotopic (exact) mass is 300 g/mol. The van der Waals surface area contributed by atoms with Gasteiger partial charge in [-0.25, -0.2) is 4.79 Å². The van der Waals surface area contributed by atoms with E-state index in [2.05, 4.69) is 5.32 Å². The summed E-state index contributed by atoms with van der Waals surface area (Å²) in [6, 6.07) is 3.42. The summed E-state index contributed by atoms with van der Waals surface area (Å²) in [5.41, 5.74) is 5.42. The van der Waals surface area contributed by atoms with Crippen LogP contribution in [0.25, 0.3) is 0 Å². The van der Waals surface area contributed by atoms with E-state index in [0.29, 0.717) is 13.0 Å². The van der Waals surface area contributed by atoms with Crippen LogP contribution in [0.3, 0.4) is 0 Å². The Morgan fingerprint density at radius 1 is 1.50 bits per heavy atom. The fraction of sp³-hybridized carbons (Fsp3) is 0.643. The fourth-order valence-electron chi connectivity index (χ4n) is 1.64. The molecule has 0 aliphatic rings. The third-order valence-electron chi connectivity index (χ3n) is 2.60. The predicted octanol–water partition coefficient (Wildman–Crippen LogP) is 2.33. The first-order chi connectivity index (χ1) is 9.19. The summed E-state index contributed by atoms with van der Waals surface area (Å²) in [6.45, 7) is 7.78. The first-order valence-corrected chi connectivity index (χ1v) is 7.47. The van der Waals surface area contributed by atoms with Gasteiger partial charge in [-0.05, 0) is 46.2 Å². The Kier molecular flexibility index (Phi) is 5.98. The molecule has 0 aromatic carbocycles. The van der Waals surface area contributed by atoms with Gasteiger partial charge in [0.15, 0.2) is 0 Å². The number of alkyl carbamates (subject to hydrolysis) is 1. The van der Waals surface area contributed by atoms with Gasteiger partial charge < -0.3 is 20.9 Å². The molecule has 1 rings (SSSR count).